The summed E-state index contributed by atoms with van der Waals surface area (Å²) in [6.45, 7) is 5.98. The van der Waals surface area contributed by atoms with E-state index in [1.807, 2.05) is 26.8 Å². The van der Waals surface area contributed by atoms with Crippen LogP contribution in [-0.4, -0.2) is 0 Å². The molecule has 0 saturated carbocycles. The second-order valence-electron chi connectivity index (χ2n) is 3.22. The summed E-state index contributed by atoms with van der Waals surface area (Å²) in [4.78, 5) is 0. The predicted molar refractivity (Wildman–Crippen MR) is 53.5 cm³/mol. The Morgan fingerprint density at radius 1 is 1.25 bits per heavy atom. The van der Waals surface area contributed by atoms with Crippen LogP contribution in [0.3, 0.4) is 0 Å². The summed E-state index contributed by atoms with van der Waals surface area (Å²) < 4.78 is 0. The number of hydrogen-bond acceptors (Lipinski definition) is 1. The summed E-state index contributed by atoms with van der Waals surface area (Å²) in [5, 5.41) is 0.810. The Hall–Kier alpha value is -0.530. The van der Waals surface area contributed by atoms with Gasteiger partial charge in [-0.05, 0) is 37.5 Å². The Morgan fingerprint density at radius 3 is 2.17 bits per heavy atom. The Labute approximate surface area is 78.5 Å². The summed E-state index contributed by atoms with van der Waals surface area (Å²) in [7, 11) is 0. The van der Waals surface area contributed by atoms with E-state index < -0.39 is 0 Å². The van der Waals surface area contributed by atoms with Crippen molar-refractivity contribution in [2.45, 2.75) is 26.8 Å². The highest BCUT2D eigenvalue weighted by Crippen LogP contribution is 2.27. The number of benzene rings is 1. The van der Waals surface area contributed by atoms with E-state index >= 15 is 0 Å². The first-order valence-corrected chi connectivity index (χ1v) is 4.43. The van der Waals surface area contributed by atoms with E-state index in [9.17, 15) is 0 Å². The highest BCUT2D eigenvalue weighted by molar-refractivity contribution is 6.32. The lowest BCUT2D eigenvalue weighted by molar-refractivity contribution is 0.809. The molecule has 1 atom stereocenters. The third kappa shape index (κ3) is 1.62. The standard InChI is InChI=1S/C10H14ClN/c1-6-4-5-7(2)10(11)9(6)8(3)12/h4-5,8H,12H2,1-3H3. The third-order valence-electron chi connectivity index (χ3n) is 2.05. The molecule has 0 heterocycles. The van der Waals surface area contributed by atoms with Crippen molar-refractivity contribution in [1.82, 2.24) is 0 Å². The van der Waals surface area contributed by atoms with Crippen LogP contribution in [0, 0.1) is 13.8 Å². The second-order valence-corrected chi connectivity index (χ2v) is 3.59. The van der Waals surface area contributed by atoms with E-state index in [4.69, 9.17) is 17.3 Å². The Morgan fingerprint density at radius 2 is 1.75 bits per heavy atom. The average Bonchev–Trinajstić information content (AvgIpc) is 1.97. The van der Waals surface area contributed by atoms with Gasteiger partial charge in [-0.25, -0.2) is 0 Å². The fourth-order valence-electron chi connectivity index (χ4n) is 1.36. The zero-order valence-corrected chi connectivity index (χ0v) is 8.44. The van der Waals surface area contributed by atoms with Gasteiger partial charge in [0, 0.05) is 11.1 Å². The number of nitrogens with two attached hydrogens (primary N) is 1. The van der Waals surface area contributed by atoms with Gasteiger partial charge in [0.15, 0.2) is 0 Å². The highest BCUT2D eigenvalue weighted by Gasteiger charge is 2.09. The van der Waals surface area contributed by atoms with Gasteiger partial charge in [-0.1, -0.05) is 23.7 Å². The normalized spacial score (nSPS) is 13.1. The molecule has 66 valence electrons. The minimum Gasteiger partial charge on any atom is -0.324 e. The van der Waals surface area contributed by atoms with Crippen molar-refractivity contribution in [2.75, 3.05) is 0 Å². The molecule has 0 aliphatic carbocycles. The molecule has 0 aliphatic heterocycles. The van der Waals surface area contributed by atoms with Gasteiger partial charge in [-0.15, -0.1) is 0 Å². The van der Waals surface area contributed by atoms with Gasteiger partial charge in [0.25, 0.3) is 0 Å². The maximum atomic E-state index is 6.11. The fraction of sp³-hybridized carbons (Fsp3) is 0.400. The third-order valence-corrected chi connectivity index (χ3v) is 2.55. The largest absolute Gasteiger partial charge is 0.324 e. The van der Waals surface area contributed by atoms with Crippen LogP contribution in [0.2, 0.25) is 5.02 Å². The molecule has 12 heavy (non-hydrogen) atoms. The molecular formula is C10H14ClN. The number of hydrogen-bond donors (Lipinski definition) is 1. The number of halogens is 1. The molecule has 1 aromatic carbocycles. The zero-order chi connectivity index (χ0) is 9.30. The van der Waals surface area contributed by atoms with Crippen molar-refractivity contribution < 1.29 is 0 Å². The summed E-state index contributed by atoms with van der Waals surface area (Å²) in [6.07, 6.45) is 0. The molecule has 0 aliphatic rings. The molecule has 0 radical (unpaired) electrons. The number of rotatable bonds is 1. The van der Waals surface area contributed by atoms with E-state index in [1.165, 1.54) is 5.56 Å². The van der Waals surface area contributed by atoms with Gasteiger partial charge in [-0.3, -0.25) is 0 Å². The van der Waals surface area contributed by atoms with Crippen LogP contribution < -0.4 is 5.73 Å². The van der Waals surface area contributed by atoms with Crippen molar-refractivity contribution in [3.8, 4) is 0 Å². The minimum atomic E-state index is 0.0115. The van der Waals surface area contributed by atoms with Crippen molar-refractivity contribution >= 4 is 11.6 Å². The summed E-state index contributed by atoms with van der Waals surface area (Å²) in [6, 6.07) is 4.08. The Balaban J connectivity index is 3.33. The van der Waals surface area contributed by atoms with E-state index in [1.54, 1.807) is 0 Å². The van der Waals surface area contributed by atoms with Crippen molar-refractivity contribution in [1.29, 1.82) is 0 Å². The first-order valence-electron chi connectivity index (χ1n) is 4.05. The highest BCUT2D eigenvalue weighted by atomic mass is 35.5. The predicted octanol–water partition coefficient (Wildman–Crippen LogP) is 2.98. The summed E-state index contributed by atoms with van der Waals surface area (Å²) in [5.41, 5.74) is 9.13. The van der Waals surface area contributed by atoms with Gasteiger partial charge in [0.2, 0.25) is 0 Å². The van der Waals surface area contributed by atoms with Crippen LogP contribution in [0.15, 0.2) is 12.1 Å². The van der Waals surface area contributed by atoms with Gasteiger partial charge < -0.3 is 5.73 Å². The fourth-order valence-corrected chi connectivity index (χ4v) is 1.74. The van der Waals surface area contributed by atoms with Crippen LogP contribution in [0.5, 0.6) is 0 Å². The maximum absolute atomic E-state index is 6.11. The van der Waals surface area contributed by atoms with Crippen LogP contribution in [0.1, 0.15) is 29.7 Å². The molecule has 2 N–H and O–H groups in total. The molecule has 0 saturated heterocycles. The van der Waals surface area contributed by atoms with Crippen LogP contribution in [-0.2, 0) is 0 Å². The van der Waals surface area contributed by atoms with Crippen LogP contribution in [0.4, 0.5) is 0 Å². The molecule has 1 unspecified atom stereocenters. The van der Waals surface area contributed by atoms with Gasteiger partial charge in [0.1, 0.15) is 0 Å². The minimum absolute atomic E-state index is 0.0115. The van der Waals surface area contributed by atoms with E-state index in [0.29, 0.717) is 0 Å². The smallest absolute Gasteiger partial charge is 0.0485 e. The quantitative estimate of drug-likeness (QED) is 0.712. The van der Waals surface area contributed by atoms with E-state index in [2.05, 4.69) is 6.07 Å². The average molecular weight is 184 g/mol. The molecule has 0 aromatic heterocycles. The lowest BCUT2D eigenvalue weighted by Crippen LogP contribution is -2.08. The topological polar surface area (TPSA) is 26.0 Å². The number of aryl methyl sites for hydroxylation is 2. The zero-order valence-electron chi connectivity index (χ0n) is 7.69. The maximum Gasteiger partial charge on any atom is 0.0485 e. The molecule has 1 aromatic rings. The molecule has 1 rings (SSSR count). The monoisotopic (exact) mass is 183 g/mol. The van der Waals surface area contributed by atoms with Crippen molar-refractivity contribution in [3.05, 3.63) is 33.8 Å². The lowest BCUT2D eigenvalue weighted by atomic mass is 10.0. The molecular weight excluding hydrogens is 170 g/mol. The molecule has 0 amide bonds. The first kappa shape index (κ1) is 9.56. The van der Waals surface area contributed by atoms with Crippen LogP contribution in [0.25, 0.3) is 0 Å². The van der Waals surface area contributed by atoms with Crippen LogP contribution >= 0.6 is 11.6 Å². The van der Waals surface area contributed by atoms with Gasteiger partial charge in [-0.2, -0.15) is 0 Å². The molecule has 1 nitrogen and oxygen atoms in total. The second kappa shape index (κ2) is 3.46. The van der Waals surface area contributed by atoms with E-state index in [0.717, 1.165) is 16.1 Å². The summed E-state index contributed by atoms with van der Waals surface area (Å²) in [5.74, 6) is 0. The Bertz CT molecular complexity index is 292. The van der Waals surface area contributed by atoms with Crippen molar-refractivity contribution in [3.63, 3.8) is 0 Å². The molecule has 0 spiro atoms. The van der Waals surface area contributed by atoms with E-state index in [-0.39, 0.29) is 6.04 Å². The summed E-state index contributed by atoms with van der Waals surface area (Å²) >= 11 is 6.11. The molecule has 0 bridgehead atoms. The Kier molecular flexibility index (Phi) is 2.76. The van der Waals surface area contributed by atoms with Gasteiger partial charge >= 0.3 is 0 Å². The molecule has 0 fully saturated rings. The van der Waals surface area contributed by atoms with Gasteiger partial charge in [0.05, 0.1) is 0 Å². The van der Waals surface area contributed by atoms with Crippen molar-refractivity contribution in [2.24, 2.45) is 5.73 Å². The molecule has 2 heteroatoms. The lowest BCUT2D eigenvalue weighted by Gasteiger charge is -2.13. The SMILES string of the molecule is Cc1ccc(C)c(C(C)N)c1Cl. The first-order chi connectivity index (χ1) is 5.54.